The first kappa shape index (κ1) is 18.3. The Morgan fingerprint density at radius 2 is 1.96 bits per heavy atom. The SMILES string of the molecule is CN(Cc1ccc(F)cc1F)C(=O)CCN1C(=O)NC2(CCCC2)C1=O. The summed E-state index contributed by atoms with van der Waals surface area (Å²) >= 11 is 0. The lowest BCUT2D eigenvalue weighted by molar-refractivity contribution is -0.133. The minimum Gasteiger partial charge on any atom is -0.341 e. The highest BCUT2D eigenvalue weighted by atomic mass is 19.1. The number of imide groups is 1. The molecule has 0 atom stereocenters. The predicted molar refractivity (Wildman–Crippen MR) is 88.9 cm³/mol. The Balaban J connectivity index is 1.56. The van der Waals surface area contributed by atoms with E-state index in [0.29, 0.717) is 12.8 Å². The molecule has 0 aromatic heterocycles. The molecule has 1 saturated carbocycles. The highest BCUT2D eigenvalue weighted by Gasteiger charge is 2.52. The molecule has 26 heavy (non-hydrogen) atoms. The van der Waals surface area contributed by atoms with Gasteiger partial charge in [-0.05, 0) is 18.9 Å². The third kappa shape index (κ3) is 3.40. The van der Waals surface area contributed by atoms with Crippen molar-refractivity contribution in [1.29, 1.82) is 0 Å². The van der Waals surface area contributed by atoms with Gasteiger partial charge in [-0.1, -0.05) is 18.9 Å². The van der Waals surface area contributed by atoms with E-state index in [2.05, 4.69) is 5.32 Å². The second kappa shape index (κ2) is 7.01. The van der Waals surface area contributed by atoms with Crippen LogP contribution < -0.4 is 5.32 Å². The van der Waals surface area contributed by atoms with Crippen LogP contribution in [0.3, 0.4) is 0 Å². The lowest BCUT2D eigenvalue weighted by Gasteiger charge is -2.21. The number of halogens is 2. The summed E-state index contributed by atoms with van der Waals surface area (Å²) in [6, 6.07) is 2.72. The van der Waals surface area contributed by atoms with E-state index in [1.165, 1.54) is 18.0 Å². The summed E-state index contributed by atoms with van der Waals surface area (Å²) in [7, 11) is 1.50. The van der Waals surface area contributed by atoms with Gasteiger partial charge in [0, 0.05) is 38.2 Å². The Morgan fingerprint density at radius 3 is 2.62 bits per heavy atom. The molecule has 0 radical (unpaired) electrons. The number of nitrogens with zero attached hydrogens (tertiary/aromatic N) is 2. The maximum atomic E-state index is 13.7. The lowest BCUT2D eigenvalue weighted by atomic mass is 9.98. The first-order valence-electron chi connectivity index (χ1n) is 8.64. The van der Waals surface area contributed by atoms with Crippen molar-refractivity contribution in [3.8, 4) is 0 Å². The fraction of sp³-hybridized carbons (Fsp3) is 0.500. The van der Waals surface area contributed by atoms with Crippen molar-refractivity contribution in [2.75, 3.05) is 13.6 Å². The minimum absolute atomic E-state index is 0.0124. The van der Waals surface area contributed by atoms with Gasteiger partial charge in [0.15, 0.2) is 0 Å². The lowest BCUT2D eigenvalue weighted by Crippen LogP contribution is -2.44. The fourth-order valence-corrected chi connectivity index (χ4v) is 3.59. The molecular weight excluding hydrogens is 344 g/mol. The third-order valence-corrected chi connectivity index (χ3v) is 5.10. The Hall–Kier alpha value is -2.51. The second-order valence-electron chi connectivity index (χ2n) is 6.91. The zero-order chi connectivity index (χ0) is 18.9. The number of hydrogen-bond donors (Lipinski definition) is 1. The van der Waals surface area contributed by atoms with Crippen LogP contribution in [0.5, 0.6) is 0 Å². The van der Waals surface area contributed by atoms with Crippen molar-refractivity contribution in [1.82, 2.24) is 15.1 Å². The number of carbonyl (C=O) groups is 3. The Morgan fingerprint density at radius 1 is 1.27 bits per heavy atom. The first-order valence-corrected chi connectivity index (χ1v) is 8.64. The molecule has 1 saturated heterocycles. The Labute approximate surface area is 150 Å². The molecule has 1 aliphatic carbocycles. The van der Waals surface area contributed by atoms with Gasteiger partial charge in [-0.15, -0.1) is 0 Å². The summed E-state index contributed by atoms with van der Waals surface area (Å²) in [5.41, 5.74) is -0.592. The van der Waals surface area contributed by atoms with Crippen molar-refractivity contribution in [3.05, 3.63) is 35.4 Å². The van der Waals surface area contributed by atoms with Crippen LogP contribution >= 0.6 is 0 Å². The molecular formula is C18H21F2N3O3. The molecule has 0 unspecified atom stereocenters. The van der Waals surface area contributed by atoms with Gasteiger partial charge >= 0.3 is 6.03 Å². The van der Waals surface area contributed by atoms with E-state index in [-0.39, 0.29) is 36.9 Å². The monoisotopic (exact) mass is 365 g/mol. The van der Waals surface area contributed by atoms with E-state index in [1.807, 2.05) is 0 Å². The fourth-order valence-electron chi connectivity index (χ4n) is 3.59. The summed E-state index contributed by atoms with van der Waals surface area (Å²) in [4.78, 5) is 39.3. The molecule has 140 valence electrons. The van der Waals surface area contributed by atoms with Crippen molar-refractivity contribution < 1.29 is 23.2 Å². The number of rotatable bonds is 5. The number of urea groups is 1. The highest BCUT2D eigenvalue weighted by molar-refractivity contribution is 6.07. The normalized spacial score (nSPS) is 18.5. The number of hydrogen-bond acceptors (Lipinski definition) is 3. The number of nitrogens with one attached hydrogen (secondary N) is 1. The zero-order valence-electron chi connectivity index (χ0n) is 14.6. The van der Waals surface area contributed by atoms with Gasteiger partial charge in [-0.25, -0.2) is 13.6 Å². The Bertz CT molecular complexity index is 747. The van der Waals surface area contributed by atoms with Crippen LogP contribution in [0.2, 0.25) is 0 Å². The van der Waals surface area contributed by atoms with Gasteiger partial charge in [0.25, 0.3) is 5.91 Å². The smallest absolute Gasteiger partial charge is 0.325 e. The van der Waals surface area contributed by atoms with Gasteiger partial charge in [-0.3, -0.25) is 14.5 Å². The van der Waals surface area contributed by atoms with Crippen molar-refractivity contribution in [2.24, 2.45) is 0 Å². The molecule has 8 heteroatoms. The molecule has 6 nitrogen and oxygen atoms in total. The average Bonchev–Trinajstić information content (AvgIpc) is 3.14. The van der Waals surface area contributed by atoms with Crippen molar-refractivity contribution in [2.45, 2.75) is 44.2 Å². The van der Waals surface area contributed by atoms with Gasteiger partial charge in [0.05, 0.1) is 0 Å². The van der Waals surface area contributed by atoms with Crippen LogP contribution in [0.4, 0.5) is 13.6 Å². The number of benzene rings is 1. The van der Waals surface area contributed by atoms with E-state index in [9.17, 15) is 23.2 Å². The van der Waals surface area contributed by atoms with Crippen LogP contribution in [0.15, 0.2) is 18.2 Å². The molecule has 0 bridgehead atoms. The van der Waals surface area contributed by atoms with Gasteiger partial charge in [0.2, 0.25) is 5.91 Å². The van der Waals surface area contributed by atoms with Crippen molar-refractivity contribution >= 4 is 17.8 Å². The molecule has 4 amide bonds. The minimum atomic E-state index is -0.788. The molecule has 3 rings (SSSR count). The third-order valence-electron chi connectivity index (χ3n) is 5.10. The van der Waals surface area contributed by atoms with E-state index in [0.717, 1.165) is 29.9 Å². The van der Waals surface area contributed by atoms with Crippen molar-refractivity contribution in [3.63, 3.8) is 0 Å². The van der Waals surface area contributed by atoms with Crippen LogP contribution in [-0.4, -0.2) is 46.8 Å². The van der Waals surface area contributed by atoms with E-state index < -0.39 is 23.2 Å². The quantitative estimate of drug-likeness (QED) is 0.813. The predicted octanol–water partition coefficient (Wildman–Crippen LogP) is 2.18. The number of amides is 4. The topological polar surface area (TPSA) is 69.7 Å². The van der Waals surface area contributed by atoms with Crippen LogP contribution in [-0.2, 0) is 16.1 Å². The van der Waals surface area contributed by atoms with Gasteiger partial charge in [0.1, 0.15) is 17.2 Å². The highest BCUT2D eigenvalue weighted by Crippen LogP contribution is 2.35. The molecule has 2 fully saturated rings. The number of carbonyl (C=O) groups excluding carboxylic acids is 3. The molecule has 1 aliphatic heterocycles. The second-order valence-corrected chi connectivity index (χ2v) is 6.91. The molecule has 1 aromatic carbocycles. The molecule has 1 aromatic rings. The summed E-state index contributed by atoms with van der Waals surface area (Å²) in [5, 5.41) is 2.76. The molecule has 2 aliphatic rings. The van der Waals surface area contributed by atoms with Gasteiger partial charge in [-0.2, -0.15) is 0 Å². The molecule has 1 spiro atoms. The maximum Gasteiger partial charge on any atom is 0.325 e. The molecule has 1 N–H and O–H groups in total. The maximum absolute atomic E-state index is 13.7. The van der Waals surface area contributed by atoms with Crippen LogP contribution in [0, 0.1) is 11.6 Å². The first-order chi connectivity index (χ1) is 12.3. The van der Waals surface area contributed by atoms with Crippen LogP contribution in [0.1, 0.15) is 37.7 Å². The zero-order valence-corrected chi connectivity index (χ0v) is 14.6. The van der Waals surface area contributed by atoms with E-state index in [4.69, 9.17) is 0 Å². The standard InChI is InChI=1S/C18H21F2N3O3/c1-22(11-12-4-5-13(19)10-14(12)20)15(24)6-9-23-16(25)18(21-17(23)26)7-2-3-8-18/h4-5,10H,2-3,6-9,11H2,1H3,(H,21,26). The van der Waals surface area contributed by atoms with Crippen LogP contribution in [0.25, 0.3) is 0 Å². The summed E-state index contributed by atoms with van der Waals surface area (Å²) in [6.07, 6.45) is 3.00. The average molecular weight is 365 g/mol. The summed E-state index contributed by atoms with van der Waals surface area (Å²) in [5.74, 6) is -2.00. The van der Waals surface area contributed by atoms with E-state index >= 15 is 0 Å². The molecule has 1 heterocycles. The summed E-state index contributed by atoms with van der Waals surface area (Å²) in [6.45, 7) is -0.0312. The largest absolute Gasteiger partial charge is 0.341 e. The summed E-state index contributed by atoms with van der Waals surface area (Å²) < 4.78 is 26.6. The van der Waals surface area contributed by atoms with E-state index in [1.54, 1.807) is 0 Å². The Kier molecular flexibility index (Phi) is 4.93. The van der Waals surface area contributed by atoms with Gasteiger partial charge < -0.3 is 10.2 Å².